The zero-order chi connectivity index (χ0) is 30.6. The molecule has 232 valence electrons. The van der Waals surface area contributed by atoms with Crippen LogP contribution in [0.4, 0.5) is 0 Å². The van der Waals surface area contributed by atoms with Crippen molar-refractivity contribution < 1.29 is 26.1 Å². The Morgan fingerprint density at radius 3 is 2.14 bits per heavy atom. The molecule has 2 aromatic rings. The van der Waals surface area contributed by atoms with Crippen LogP contribution in [0.15, 0.2) is 70.5 Å². The Morgan fingerprint density at radius 1 is 0.976 bits per heavy atom. The van der Waals surface area contributed by atoms with Gasteiger partial charge in [-0.05, 0) is 68.1 Å². The van der Waals surface area contributed by atoms with Crippen LogP contribution in [-0.4, -0.2) is 58.6 Å². The van der Waals surface area contributed by atoms with Crippen molar-refractivity contribution in [3.63, 3.8) is 0 Å². The van der Waals surface area contributed by atoms with E-state index in [-0.39, 0.29) is 39.8 Å². The molecular weight excluding hydrogens is 587 g/mol. The zero-order valence-electron chi connectivity index (χ0n) is 25.9. The fraction of sp³-hybridized carbons (Fsp3) is 0.625. The lowest BCUT2D eigenvalue weighted by atomic mass is 9.65. The van der Waals surface area contributed by atoms with E-state index in [0.29, 0.717) is 0 Å². The summed E-state index contributed by atoms with van der Waals surface area (Å²) < 4.78 is 64.8. The summed E-state index contributed by atoms with van der Waals surface area (Å²) in [5.41, 5.74) is -0.620. The maximum Gasteiger partial charge on any atom is 0.214 e. The Kier molecular flexibility index (Phi) is 8.42. The SMILES string of the molecule is CCCC[C@@H]1[C@@H](O[Si](C)(C)C(C)(C)C)CCC[C@@]12C[C@]1(S(=O)(=O)c3ccccc3)ON2C[C@@H]1S(=O)(=O)c1ccccc1. The van der Waals surface area contributed by atoms with Crippen molar-refractivity contribution in [2.45, 2.75) is 122 Å². The van der Waals surface area contributed by atoms with Crippen molar-refractivity contribution >= 4 is 28.0 Å². The van der Waals surface area contributed by atoms with Gasteiger partial charge in [-0.3, -0.25) is 4.84 Å². The molecule has 2 aromatic carbocycles. The second-order valence-corrected chi connectivity index (χ2v) is 23.0. The Morgan fingerprint density at radius 2 is 1.57 bits per heavy atom. The lowest BCUT2D eigenvalue weighted by molar-refractivity contribution is -0.187. The first-order valence-electron chi connectivity index (χ1n) is 15.4. The van der Waals surface area contributed by atoms with E-state index < -0.39 is 43.7 Å². The highest BCUT2D eigenvalue weighted by atomic mass is 32.2. The number of hydrogen-bond donors (Lipinski definition) is 0. The summed E-state index contributed by atoms with van der Waals surface area (Å²) in [6.45, 7) is 13.4. The Bertz CT molecular complexity index is 1480. The average molecular weight is 634 g/mol. The fourth-order valence-corrected chi connectivity index (χ4v) is 13.1. The van der Waals surface area contributed by atoms with Gasteiger partial charge in [-0.25, -0.2) is 16.8 Å². The predicted molar refractivity (Wildman–Crippen MR) is 168 cm³/mol. The largest absolute Gasteiger partial charge is 0.414 e. The lowest BCUT2D eigenvalue weighted by Gasteiger charge is -2.53. The van der Waals surface area contributed by atoms with Crippen LogP contribution in [0.5, 0.6) is 0 Å². The molecule has 3 aliphatic rings. The van der Waals surface area contributed by atoms with Crippen LogP contribution in [0.25, 0.3) is 0 Å². The summed E-state index contributed by atoms with van der Waals surface area (Å²) >= 11 is 0. The smallest absolute Gasteiger partial charge is 0.214 e. The lowest BCUT2D eigenvalue weighted by Crippen LogP contribution is -2.63. The monoisotopic (exact) mass is 633 g/mol. The molecule has 1 spiro atoms. The summed E-state index contributed by atoms with van der Waals surface area (Å²) in [6, 6.07) is 16.4. The number of piperidine rings is 1. The maximum absolute atomic E-state index is 14.7. The number of hydroxylamine groups is 2. The molecule has 2 bridgehead atoms. The van der Waals surface area contributed by atoms with Gasteiger partial charge in [0.15, 0.2) is 18.2 Å². The number of rotatable bonds is 9. The maximum atomic E-state index is 14.7. The number of benzene rings is 2. The van der Waals surface area contributed by atoms with Crippen molar-refractivity contribution in [2.75, 3.05) is 6.54 Å². The first-order chi connectivity index (χ1) is 19.6. The minimum absolute atomic E-state index is 0.0126. The average Bonchev–Trinajstić information content (AvgIpc) is 3.49. The second-order valence-electron chi connectivity index (χ2n) is 14.0. The summed E-state index contributed by atoms with van der Waals surface area (Å²) in [6.07, 6.45) is 5.51. The zero-order valence-corrected chi connectivity index (χ0v) is 28.5. The molecule has 1 unspecified atom stereocenters. The van der Waals surface area contributed by atoms with E-state index >= 15 is 0 Å². The van der Waals surface area contributed by atoms with E-state index in [0.717, 1.165) is 38.5 Å². The number of hydrogen-bond acceptors (Lipinski definition) is 7. The highest BCUT2D eigenvalue weighted by Crippen LogP contribution is 2.61. The van der Waals surface area contributed by atoms with Crippen LogP contribution < -0.4 is 0 Å². The fourth-order valence-electron chi connectivity index (χ4n) is 7.18. The second kappa shape index (κ2) is 11.1. The highest BCUT2D eigenvalue weighted by molar-refractivity contribution is 7.96. The molecule has 5 rings (SSSR count). The first kappa shape index (κ1) is 31.8. The molecular formula is C32H47NO6S2Si. The van der Waals surface area contributed by atoms with E-state index in [9.17, 15) is 16.8 Å². The molecule has 6 atom stereocenters. The number of unbranched alkanes of at least 4 members (excludes halogenated alkanes) is 1. The molecule has 2 saturated heterocycles. The Hall–Kier alpha value is -1.56. The molecule has 42 heavy (non-hydrogen) atoms. The third-order valence-corrected chi connectivity index (χ3v) is 19.6. The molecule has 0 N–H and O–H groups in total. The van der Waals surface area contributed by atoms with Gasteiger partial charge >= 0.3 is 0 Å². The standard InChI is InChI=1S/C32H47NO6S2Si/c1-7-8-20-27-28(38-42(5,6)30(2,3)4)21-15-22-31(27)24-32(41(36,37)26-18-13-10-14-19-26)29(23-33(31)39-32)40(34,35)25-16-11-9-12-17-25/h9-14,16-19,27-29H,7-8,15,20-24H2,1-6H3/t27-,28+,29+,31-,32-/m1/s1. The summed E-state index contributed by atoms with van der Waals surface area (Å²) in [5, 5.41) is 0.572. The number of nitrogens with zero attached hydrogens (tertiary/aromatic N) is 1. The van der Waals surface area contributed by atoms with Crippen molar-refractivity contribution in [2.24, 2.45) is 5.92 Å². The van der Waals surface area contributed by atoms with Gasteiger partial charge in [0.25, 0.3) is 0 Å². The minimum atomic E-state index is -4.22. The van der Waals surface area contributed by atoms with Crippen LogP contribution in [0.2, 0.25) is 18.1 Å². The van der Waals surface area contributed by atoms with Crippen molar-refractivity contribution in [3.8, 4) is 0 Å². The van der Waals surface area contributed by atoms with Gasteiger partial charge in [-0.2, -0.15) is 5.06 Å². The molecule has 10 heteroatoms. The third-order valence-electron chi connectivity index (χ3n) is 10.4. The molecule has 0 amide bonds. The van der Waals surface area contributed by atoms with Crippen LogP contribution in [0.1, 0.15) is 72.6 Å². The summed E-state index contributed by atoms with van der Waals surface area (Å²) in [5.74, 6) is 0.0357. The van der Waals surface area contributed by atoms with Gasteiger partial charge < -0.3 is 4.43 Å². The van der Waals surface area contributed by atoms with Gasteiger partial charge in [-0.1, -0.05) is 76.9 Å². The van der Waals surface area contributed by atoms with Crippen LogP contribution in [0, 0.1) is 5.92 Å². The van der Waals surface area contributed by atoms with E-state index in [1.165, 1.54) is 0 Å². The van der Waals surface area contributed by atoms with E-state index in [1.807, 2.05) is 0 Å². The molecule has 3 fully saturated rings. The van der Waals surface area contributed by atoms with E-state index in [1.54, 1.807) is 65.7 Å². The van der Waals surface area contributed by atoms with E-state index in [2.05, 4.69) is 40.8 Å². The molecule has 1 aliphatic carbocycles. The Labute approximate surface area is 253 Å². The van der Waals surface area contributed by atoms with Gasteiger partial charge in [0.1, 0.15) is 5.25 Å². The number of sulfone groups is 2. The van der Waals surface area contributed by atoms with Crippen molar-refractivity contribution in [1.82, 2.24) is 5.06 Å². The van der Waals surface area contributed by atoms with E-state index in [4.69, 9.17) is 9.26 Å². The molecule has 0 radical (unpaired) electrons. The van der Waals surface area contributed by atoms with Gasteiger partial charge in [0.05, 0.1) is 15.3 Å². The first-order valence-corrected chi connectivity index (χ1v) is 21.3. The topological polar surface area (TPSA) is 90.0 Å². The predicted octanol–water partition coefficient (Wildman–Crippen LogP) is 6.77. The Balaban J connectivity index is 1.63. The van der Waals surface area contributed by atoms with Gasteiger partial charge in [0, 0.05) is 25.0 Å². The summed E-state index contributed by atoms with van der Waals surface area (Å²) in [4.78, 5) is 4.86. The van der Waals surface area contributed by atoms with Crippen LogP contribution >= 0.6 is 0 Å². The summed E-state index contributed by atoms with van der Waals surface area (Å²) in [7, 11) is -10.4. The van der Waals surface area contributed by atoms with Gasteiger partial charge in [0.2, 0.25) is 14.8 Å². The quantitative estimate of drug-likeness (QED) is 0.282. The van der Waals surface area contributed by atoms with Crippen LogP contribution in [-0.2, 0) is 28.9 Å². The highest BCUT2D eigenvalue weighted by Gasteiger charge is 2.75. The molecule has 2 heterocycles. The third kappa shape index (κ3) is 5.03. The van der Waals surface area contributed by atoms with Crippen molar-refractivity contribution in [3.05, 3.63) is 60.7 Å². The van der Waals surface area contributed by atoms with Crippen LogP contribution in [0.3, 0.4) is 0 Å². The minimum Gasteiger partial charge on any atom is -0.414 e. The van der Waals surface area contributed by atoms with Crippen molar-refractivity contribution in [1.29, 1.82) is 0 Å². The molecule has 2 aliphatic heterocycles. The normalized spacial score (nSPS) is 32.0. The molecule has 1 saturated carbocycles. The molecule has 0 aromatic heterocycles. The number of fused-ring (bicyclic) bond motifs is 3. The van der Waals surface area contributed by atoms with Gasteiger partial charge in [-0.15, -0.1) is 0 Å². The molecule has 7 nitrogen and oxygen atoms in total.